The van der Waals surface area contributed by atoms with Gasteiger partial charge in [0.1, 0.15) is 0 Å². The Bertz CT molecular complexity index is 324. The normalized spacial score (nSPS) is 41.9. The molecule has 1 aliphatic heterocycles. The molecular formula is C14H24BNS. The fraction of sp³-hybridized carbons (Fsp3) is 0.929. The quantitative estimate of drug-likeness (QED) is 0.478. The third-order valence-electron chi connectivity index (χ3n) is 4.84. The van der Waals surface area contributed by atoms with Gasteiger partial charge >= 0.3 is 0 Å². The number of hydrogen-bond acceptors (Lipinski definition) is 1. The molecule has 2 aliphatic rings. The van der Waals surface area contributed by atoms with Gasteiger partial charge in [0.2, 0.25) is 0 Å². The molecule has 1 heterocycles. The van der Waals surface area contributed by atoms with E-state index in [1.807, 2.05) is 0 Å². The van der Waals surface area contributed by atoms with E-state index in [-0.39, 0.29) is 5.31 Å². The highest BCUT2D eigenvalue weighted by molar-refractivity contribution is 7.80. The molecule has 0 spiro atoms. The van der Waals surface area contributed by atoms with Gasteiger partial charge in [0.25, 0.3) is 0 Å². The lowest BCUT2D eigenvalue weighted by Crippen LogP contribution is -2.46. The third kappa shape index (κ3) is 2.54. The molecule has 0 aromatic heterocycles. The number of fused-ring (bicyclic) bond motifs is 1. The lowest BCUT2D eigenvalue weighted by molar-refractivity contribution is 0.123. The summed E-state index contributed by atoms with van der Waals surface area (Å²) in [6.07, 6.45) is 4.66. The van der Waals surface area contributed by atoms with E-state index in [1.54, 1.807) is 0 Å². The maximum Gasteiger partial charge on any atom is 0.0811 e. The Morgan fingerprint density at radius 1 is 1.29 bits per heavy atom. The van der Waals surface area contributed by atoms with E-state index >= 15 is 0 Å². The third-order valence-corrected chi connectivity index (χ3v) is 5.46. The molecule has 2 fully saturated rings. The van der Waals surface area contributed by atoms with Crippen LogP contribution in [0, 0.1) is 17.3 Å². The monoisotopic (exact) mass is 249 g/mol. The Kier molecular flexibility index (Phi) is 3.35. The minimum Gasteiger partial charge on any atom is -0.369 e. The predicted octanol–water partition coefficient (Wildman–Crippen LogP) is 3.44. The molecule has 1 saturated heterocycles. The summed E-state index contributed by atoms with van der Waals surface area (Å²) in [5.41, 5.74) is 0.315. The SMILES string of the molecule is [B]C1(C)CCC2C(=S)N(C)CCC2C(C)(C)C1. The lowest BCUT2D eigenvalue weighted by Gasteiger charge is -2.45. The minimum absolute atomic E-state index is 0.0188. The smallest absolute Gasteiger partial charge is 0.0811 e. The largest absolute Gasteiger partial charge is 0.369 e. The molecule has 0 aromatic rings. The fourth-order valence-corrected chi connectivity index (χ4v) is 4.48. The number of likely N-dealkylation sites (tertiary alicyclic amines) is 1. The van der Waals surface area contributed by atoms with Crippen LogP contribution >= 0.6 is 12.2 Å². The Morgan fingerprint density at radius 2 is 1.94 bits per heavy atom. The summed E-state index contributed by atoms with van der Waals surface area (Å²) in [5, 5.41) is -0.0188. The first kappa shape index (κ1) is 13.4. The van der Waals surface area contributed by atoms with Crippen LogP contribution in [0.2, 0.25) is 5.31 Å². The van der Waals surface area contributed by atoms with Crippen molar-refractivity contribution < 1.29 is 0 Å². The van der Waals surface area contributed by atoms with Crippen LogP contribution < -0.4 is 0 Å². The Morgan fingerprint density at radius 3 is 2.59 bits per heavy atom. The maximum absolute atomic E-state index is 6.43. The number of rotatable bonds is 0. The highest BCUT2D eigenvalue weighted by atomic mass is 32.1. The van der Waals surface area contributed by atoms with Crippen LogP contribution in [0.3, 0.4) is 0 Å². The standard InChI is InChI=1S/C14H24BNS/c1-13(2)9-14(3,15)7-5-10-11(13)6-8-16(4)12(10)17/h10-11H,5-9H2,1-4H3. The first-order valence-electron chi connectivity index (χ1n) is 6.77. The molecule has 1 saturated carbocycles. The van der Waals surface area contributed by atoms with Crippen LogP contribution in [-0.2, 0) is 0 Å². The van der Waals surface area contributed by atoms with Crippen molar-refractivity contribution in [1.82, 2.24) is 4.90 Å². The molecule has 17 heavy (non-hydrogen) atoms. The summed E-state index contributed by atoms with van der Waals surface area (Å²) in [5.74, 6) is 1.29. The molecule has 0 bridgehead atoms. The van der Waals surface area contributed by atoms with Crippen molar-refractivity contribution in [3.8, 4) is 0 Å². The molecule has 0 N–H and O–H groups in total. The molecule has 3 heteroatoms. The summed E-state index contributed by atoms with van der Waals surface area (Å²) < 4.78 is 0. The first-order valence-corrected chi connectivity index (χ1v) is 7.18. The Balaban J connectivity index is 2.29. The number of hydrogen-bond donors (Lipinski definition) is 0. The molecule has 0 aromatic carbocycles. The minimum atomic E-state index is -0.0188. The van der Waals surface area contributed by atoms with Crippen molar-refractivity contribution in [1.29, 1.82) is 0 Å². The predicted molar refractivity (Wildman–Crippen MR) is 78.6 cm³/mol. The zero-order chi connectivity index (χ0) is 12.8. The van der Waals surface area contributed by atoms with Gasteiger partial charge in [0.05, 0.1) is 12.8 Å². The van der Waals surface area contributed by atoms with E-state index in [0.29, 0.717) is 11.3 Å². The topological polar surface area (TPSA) is 3.24 Å². The van der Waals surface area contributed by atoms with Gasteiger partial charge in [-0.1, -0.05) is 51.1 Å². The van der Waals surface area contributed by atoms with Crippen molar-refractivity contribution in [3.05, 3.63) is 0 Å². The summed E-state index contributed by atoms with van der Waals surface area (Å²) in [7, 11) is 8.57. The second kappa shape index (κ2) is 4.26. The van der Waals surface area contributed by atoms with E-state index in [4.69, 9.17) is 20.1 Å². The van der Waals surface area contributed by atoms with Crippen molar-refractivity contribution in [2.24, 2.45) is 17.3 Å². The average molecular weight is 249 g/mol. The summed E-state index contributed by atoms with van der Waals surface area (Å²) in [4.78, 5) is 3.44. The zero-order valence-corrected chi connectivity index (χ0v) is 12.4. The van der Waals surface area contributed by atoms with Gasteiger partial charge in [-0.2, -0.15) is 0 Å². The Hall–Kier alpha value is -0.0451. The molecule has 2 rings (SSSR count). The van der Waals surface area contributed by atoms with Crippen LogP contribution in [0.5, 0.6) is 0 Å². The zero-order valence-electron chi connectivity index (χ0n) is 11.6. The van der Waals surface area contributed by atoms with E-state index in [1.165, 1.54) is 17.8 Å². The molecule has 1 aliphatic carbocycles. The highest BCUT2D eigenvalue weighted by Gasteiger charge is 2.45. The molecule has 1 nitrogen and oxygen atoms in total. The van der Waals surface area contributed by atoms with Crippen LogP contribution in [0.4, 0.5) is 0 Å². The Labute approximate surface area is 113 Å². The molecule has 3 atom stereocenters. The van der Waals surface area contributed by atoms with Crippen molar-refractivity contribution >= 4 is 25.1 Å². The van der Waals surface area contributed by atoms with Crippen LogP contribution in [0.15, 0.2) is 0 Å². The van der Waals surface area contributed by atoms with Crippen LogP contribution in [-0.4, -0.2) is 31.3 Å². The second-order valence-corrected chi connectivity index (χ2v) is 7.54. The number of nitrogens with zero attached hydrogens (tertiary/aromatic N) is 1. The molecule has 0 amide bonds. The molecule has 2 radical (unpaired) electrons. The van der Waals surface area contributed by atoms with Gasteiger partial charge < -0.3 is 4.90 Å². The van der Waals surface area contributed by atoms with Crippen molar-refractivity contribution in [2.75, 3.05) is 13.6 Å². The van der Waals surface area contributed by atoms with Crippen molar-refractivity contribution in [3.63, 3.8) is 0 Å². The van der Waals surface area contributed by atoms with Gasteiger partial charge in [-0.3, -0.25) is 0 Å². The summed E-state index contributed by atoms with van der Waals surface area (Å²) >= 11 is 5.65. The second-order valence-electron chi connectivity index (χ2n) is 7.12. The van der Waals surface area contributed by atoms with Crippen LogP contribution in [0.25, 0.3) is 0 Å². The molecule has 94 valence electrons. The average Bonchev–Trinajstić information content (AvgIpc) is 2.26. The van der Waals surface area contributed by atoms with Crippen LogP contribution in [0.1, 0.15) is 46.5 Å². The van der Waals surface area contributed by atoms with E-state index in [0.717, 1.165) is 25.3 Å². The highest BCUT2D eigenvalue weighted by Crippen LogP contribution is 2.54. The van der Waals surface area contributed by atoms with Gasteiger partial charge in [0.15, 0.2) is 0 Å². The maximum atomic E-state index is 6.43. The van der Waals surface area contributed by atoms with Crippen molar-refractivity contribution in [2.45, 2.75) is 51.8 Å². The first-order chi connectivity index (χ1) is 7.73. The van der Waals surface area contributed by atoms with Gasteiger partial charge in [-0.25, -0.2) is 0 Å². The van der Waals surface area contributed by atoms with Gasteiger partial charge in [0, 0.05) is 19.5 Å². The van der Waals surface area contributed by atoms with E-state index < -0.39 is 0 Å². The molecular weight excluding hydrogens is 225 g/mol. The van der Waals surface area contributed by atoms with E-state index in [2.05, 4.69) is 32.7 Å². The number of thiocarbonyl (C=S) groups is 1. The lowest BCUT2D eigenvalue weighted by atomic mass is 9.59. The van der Waals surface area contributed by atoms with Gasteiger partial charge in [-0.15, -0.1) is 0 Å². The molecule has 3 unspecified atom stereocenters. The van der Waals surface area contributed by atoms with Gasteiger partial charge in [-0.05, 0) is 24.2 Å². The fourth-order valence-electron chi connectivity index (χ4n) is 4.10. The summed E-state index contributed by atoms with van der Waals surface area (Å²) in [6, 6.07) is 0. The summed E-state index contributed by atoms with van der Waals surface area (Å²) in [6.45, 7) is 8.09. The number of piperidine rings is 1. The van der Waals surface area contributed by atoms with E-state index in [9.17, 15) is 0 Å².